The Morgan fingerprint density at radius 3 is 2.41 bits per heavy atom. The number of anilines is 2. The summed E-state index contributed by atoms with van der Waals surface area (Å²) >= 11 is 6.22. The number of rotatable bonds is 7. The SMILES string of the molecule is CC1(C)CC(=O)C2=C(C1)Nc1ccccc1N(CC(=O)NCCc1ccc(S(N)(=O)=O)cc1)C2c1ccc(Cl)cc1. The van der Waals surface area contributed by atoms with Gasteiger partial charge in [-0.2, -0.15) is 0 Å². The maximum Gasteiger partial charge on any atom is 0.239 e. The van der Waals surface area contributed by atoms with Crippen LogP contribution in [0, 0.1) is 5.41 Å². The lowest BCUT2D eigenvalue weighted by Gasteiger charge is -2.37. The molecule has 3 aromatic carbocycles. The molecular formula is C31H33ClN4O4S. The number of nitrogens with one attached hydrogen (secondary N) is 2. The number of allylic oxidation sites excluding steroid dienone is 1. The molecule has 0 spiro atoms. The normalized spacial score (nSPS) is 18.2. The fourth-order valence-electron chi connectivity index (χ4n) is 5.62. The molecule has 0 fully saturated rings. The van der Waals surface area contributed by atoms with E-state index in [-0.39, 0.29) is 28.5 Å². The second-order valence-corrected chi connectivity index (χ2v) is 13.3. The number of hydrogen-bond acceptors (Lipinski definition) is 6. The fraction of sp³-hybridized carbons (Fsp3) is 0.290. The van der Waals surface area contributed by atoms with E-state index in [0.29, 0.717) is 36.4 Å². The monoisotopic (exact) mass is 592 g/mol. The summed E-state index contributed by atoms with van der Waals surface area (Å²) in [6.45, 7) is 4.56. The summed E-state index contributed by atoms with van der Waals surface area (Å²) in [5.41, 5.74) is 4.75. The first-order valence-corrected chi connectivity index (χ1v) is 15.4. The number of carbonyl (C=O) groups excluding carboxylic acids is 2. The van der Waals surface area contributed by atoms with Crippen molar-refractivity contribution >= 4 is 44.7 Å². The minimum absolute atomic E-state index is 0.0177. The molecule has 0 saturated carbocycles. The van der Waals surface area contributed by atoms with Gasteiger partial charge in [0.25, 0.3) is 0 Å². The zero-order valence-electron chi connectivity index (χ0n) is 23.0. The number of sulfonamides is 1. The molecule has 0 radical (unpaired) electrons. The number of primary sulfonamides is 1. The molecule has 10 heteroatoms. The van der Waals surface area contributed by atoms with Crippen molar-refractivity contribution in [2.75, 3.05) is 23.3 Å². The molecule has 0 saturated heterocycles. The molecule has 4 N–H and O–H groups in total. The largest absolute Gasteiger partial charge is 0.357 e. The van der Waals surface area contributed by atoms with Crippen LogP contribution in [0.2, 0.25) is 5.02 Å². The van der Waals surface area contributed by atoms with Crippen molar-refractivity contribution in [3.63, 3.8) is 0 Å². The summed E-state index contributed by atoms with van der Waals surface area (Å²) in [6, 6.07) is 21.0. The van der Waals surface area contributed by atoms with Gasteiger partial charge in [0.2, 0.25) is 15.9 Å². The van der Waals surface area contributed by atoms with Gasteiger partial charge in [0.1, 0.15) is 0 Å². The van der Waals surface area contributed by atoms with Crippen LogP contribution < -0.4 is 20.7 Å². The second-order valence-electron chi connectivity index (χ2n) is 11.3. The molecule has 1 atom stereocenters. The van der Waals surface area contributed by atoms with Crippen LogP contribution in [0.1, 0.15) is 43.9 Å². The molecule has 0 bridgehead atoms. The van der Waals surface area contributed by atoms with Gasteiger partial charge in [0, 0.05) is 29.3 Å². The Labute approximate surface area is 245 Å². The van der Waals surface area contributed by atoms with Crippen LogP contribution in [0.4, 0.5) is 11.4 Å². The molecular weight excluding hydrogens is 560 g/mol. The van der Waals surface area contributed by atoms with Gasteiger partial charge >= 0.3 is 0 Å². The Morgan fingerprint density at radius 1 is 1.05 bits per heavy atom. The van der Waals surface area contributed by atoms with Crippen LogP contribution in [-0.4, -0.2) is 33.2 Å². The maximum absolute atomic E-state index is 13.7. The summed E-state index contributed by atoms with van der Waals surface area (Å²) < 4.78 is 23.0. The van der Waals surface area contributed by atoms with E-state index in [0.717, 1.165) is 28.2 Å². The molecule has 8 nitrogen and oxygen atoms in total. The van der Waals surface area contributed by atoms with Crippen molar-refractivity contribution in [2.45, 2.75) is 44.0 Å². The number of nitrogens with zero attached hydrogens (tertiary/aromatic N) is 1. The zero-order chi connectivity index (χ0) is 29.4. The van der Waals surface area contributed by atoms with Crippen molar-refractivity contribution in [2.24, 2.45) is 10.6 Å². The fourth-order valence-corrected chi connectivity index (χ4v) is 6.26. The van der Waals surface area contributed by atoms with Gasteiger partial charge in [-0.1, -0.05) is 61.8 Å². The lowest BCUT2D eigenvalue weighted by Crippen LogP contribution is -2.42. The topological polar surface area (TPSA) is 122 Å². The van der Waals surface area contributed by atoms with Gasteiger partial charge in [0.05, 0.1) is 28.9 Å². The van der Waals surface area contributed by atoms with E-state index in [1.807, 2.05) is 41.3 Å². The number of Topliss-reactive ketones (excluding diaryl/α,β-unsaturated/α-hetero) is 1. The first-order valence-electron chi connectivity index (χ1n) is 13.4. The van der Waals surface area contributed by atoms with E-state index in [1.54, 1.807) is 24.3 Å². The molecule has 1 heterocycles. The average Bonchev–Trinajstić information content (AvgIpc) is 3.03. The van der Waals surface area contributed by atoms with Crippen molar-refractivity contribution in [3.8, 4) is 0 Å². The van der Waals surface area contributed by atoms with Gasteiger partial charge in [-0.15, -0.1) is 0 Å². The van der Waals surface area contributed by atoms with Crippen LogP contribution in [0.3, 0.4) is 0 Å². The quantitative estimate of drug-likeness (QED) is 0.356. The molecule has 214 valence electrons. The molecule has 41 heavy (non-hydrogen) atoms. The van der Waals surface area contributed by atoms with Crippen LogP contribution in [-0.2, 0) is 26.0 Å². The van der Waals surface area contributed by atoms with Gasteiger partial charge in [-0.3, -0.25) is 9.59 Å². The van der Waals surface area contributed by atoms with Crippen molar-refractivity contribution < 1.29 is 18.0 Å². The van der Waals surface area contributed by atoms with Gasteiger partial charge < -0.3 is 15.5 Å². The number of halogens is 1. The van der Waals surface area contributed by atoms with E-state index in [9.17, 15) is 18.0 Å². The number of ketones is 1. The smallest absolute Gasteiger partial charge is 0.239 e. The lowest BCUT2D eigenvalue weighted by atomic mass is 9.73. The zero-order valence-corrected chi connectivity index (χ0v) is 24.6. The first-order chi connectivity index (χ1) is 19.4. The third-order valence-electron chi connectivity index (χ3n) is 7.49. The minimum atomic E-state index is -3.76. The number of hydrogen-bond donors (Lipinski definition) is 3. The molecule has 1 unspecified atom stereocenters. The van der Waals surface area contributed by atoms with E-state index < -0.39 is 16.1 Å². The molecule has 0 aromatic heterocycles. The van der Waals surface area contributed by atoms with Gasteiger partial charge in [-0.05, 0) is 65.8 Å². The van der Waals surface area contributed by atoms with Crippen molar-refractivity contribution in [1.29, 1.82) is 0 Å². The summed E-state index contributed by atoms with van der Waals surface area (Å²) in [7, 11) is -3.76. The summed E-state index contributed by atoms with van der Waals surface area (Å²) in [5.74, 6) is -0.141. The van der Waals surface area contributed by atoms with Gasteiger partial charge in [0.15, 0.2) is 5.78 Å². The minimum Gasteiger partial charge on any atom is -0.357 e. The highest BCUT2D eigenvalue weighted by Crippen LogP contribution is 2.48. The highest BCUT2D eigenvalue weighted by molar-refractivity contribution is 7.89. The number of fused-ring (bicyclic) bond motifs is 1. The molecule has 5 rings (SSSR count). The summed E-state index contributed by atoms with van der Waals surface area (Å²) in [6.07, 6.45) is 1.63. The van der Waals surface area contributed by atoms with E-state index in [4.69, 9.17) is 16.7 Å². The van der Waals surface area contributed by atoms with E-state index in [1.165, 1.54) is 12.1 Å². The Hall–Kier alpha value is -3.66. The van der Waals surface area contributed by atoms with Crippen molar-refractivity contribution in [1.82, 2.24) is 5.32 Å². The summed E-state index contributed by atoms with van der Waals surface area (Å²) in [4.78, 5) is 29.2. The average molecular weight is 593 g/mol. The standard InChI is InChI=1S/C31H33ClN4O4S/c1-31(2)17-25-29(27(37)18-31)30(21-9-11-22(32)12-10-21)36(26-6-4-3-5-24(26)35-25)19-28(38)34-16-15-20-7-13-23(14-8-20)41(33,39)40/h3-14,30,35H,15-19H2,1-2H3,(H,34,38)(H2,33,39,40). The Kier molecular flexibility index (Phi) is 7.96. The second kappa shape index (κ2) is 11.3. The third-order valence-corrected chi connectivity index (χ3v) is 8.67. The number of amides is 1. The predicted octanol–water partition coefficient (Wildman–Crippen LogP) is 4.96. The lowest BCUT2D eigenvalue weighted by molar-refractivity contribution is -0.120. The van der Waals surface area contributed by atoms with Crippen LogP contribution >= 0.6 is 11.6 Å². The molecule has 1 amide bonds. The van der Waals surface area contributed by atoms with Crippen LogP contribution in [0.25, 0.3) is 0 Å². The number of nitrogens with two attached hydrogens (primary N) is 1. The van der Waals surface area contributed by atoms with Gasteiger partial charge in [-0.25, -0.2) is 13.6 Å². The van der Waals surface area contributed by atoms with Crippen LogP contribution in [0.15, 0.2) is 89.0 Å². The molecule has 2 aliphatic rings. The molecule has 3 aromatic rings. The number of carbonyl (C=O) groups is 2. The predicted molar refractivity (Wildman–Crippen MR) is 161 cm³/mol. The highest BCUT2D eigenvalue weighted by atomic mass is 35.5. The Balaban J connectivity index is 1.44. The Morgan fingerprint density at radius 2 is 1.73 bits per heavy atom. The van der Waals surface area contributed by atoms with Crippen molar-refractivity contribution in [3.05, 3.63) is 100 Å². The summed E-state index contributed by atoms with van der Waals surface area (Å²) in [5, 5.41) is 12.3. The molecule has 1 aliphatic carbocycles. The van der Waals surface area contributed by atoms with E-state index >= 15 is 0 Å². The number of para-hydroxylation sites is 2. The maximum atomic E-state index is 13.7. The molecule has 1 aliphatic heterocycles. The Bertz CT molecular complexity index is 1620. The first kappa shape index (κ1) is 28.9. The number of benzene rings is 3. The van der Waals surface area contributed by atoms with Crippen LogP contribution in [0.5, 0.6) is 0 Å². The third kappa shape index (κ3) is 6.48. The van der Waals surface area contributed by atoms with E-state index in [2.05, 4.69) is 24.5 Å². The highest BCUT2D eigenvalue weighted by Gasteiger charge is 2.41.